The molecule has 0 heterocycles. The van der Waals surface area contributed by atoms with Crippen LogP contribution in [0.25, 0.3) is 0 Å². The molecule has 0 radical (unpaired) electrons. The Morgan fingerprint density at radius 3 is 2.46 bits per heavy atom. The molecule has 28 heavy (non-hydrogen) atoms. The zero-order valence-corrected chi connectivity index (χ0v) is 16.4. The number of hydrogen-bond donors (Lipinski definition) is 2. The van der Waals surface area contributed by atoms with Gasteiger partial charge in [0.25, 0.3) is 15.9 Å². The monoisotopic (exact) mass is 416 g/mol. The SMILES string of the molecule is COc1cccc(NC(=O)c2cccc(S(=O)(=O)Nc3ccccc3Cl)c2)c1. The number of rotatable bonds is 6. The van der Waals surface area contributed by atoms with Crippen molar-refractivity contribution in [2.45, 2.75) is 4.90 Å². The summed E-state index contributed by atoms with van der Waals surface area (Å²) >= 11 is 6.01. The molecule has 8 heteroatoms. The van der Waals surface area contributed by atoms with Gasteiger partial charge in [0.1, 0.15) is 5.75 Å². The molecule has 144 valence electrons. The van der Waals surface area contributed by atoms with Crippen LogP contribution in [0, 0.1) is 0 Å². The van der Waals surface area contributed by atoms with Crippen LogP contribution >= 0.6 is 11.6 Å². The number of halogens is 1. The number of anilines is 2. The second-order valence-corrected chi connectivity index (χ2v) is 7.89. The Balaban J connectivity index is 1.83. The summed E-state index contributed by atoms with van der Waals surface area (Å²) in [6.45, 7) is 0. The Kier molecular flexibility index (Phi) is 5.87. The molecule has 0 saturated heterocycles. The van der Waals surface area contributed by atoms with Crippen molar-refractivity contribution in [1.82, 2.24) is 0 Å². The lowest BCUT2D eigenvalue weighted by molar-refractivity contribution is 0.102. The first-order valence-electron chi connectivity index (χ1n) is 8.22. The minimum Gasteiger partial charge on any atom is -0.497 e. The number of carbonyl (C=O) groups excluding carboxylic acids is 1. The van der Waals surface area contributed by atoms with Crippen LogP contribution in [0.3, 0.4) is 0 Å². The van der Waals surface area contributed by atoms with E-state index in [0.717, 1.165) is 0 Å². The number of sulfonamides is 1. The van der Waals surface area contributed by atoms with Crippen LogP contribution in [0.15, 0.2) is 77.7 Å². The zero-order chi connectivity index (χ0) is 20.1. The maximum absolute atomic E-state index is 12.7. The van der Waals surface area contributed by atoms with E-state index in [1.54, 1.807) is 48.5 Å². The second-order valence-electron chi connectivity index (χ2n) is 5.80. The quantitative estimate of drug-likeness (QED) is 0.623. The van der Waals surface area contributed by atoms with E-state index in [4.69, 9.17) is 16.3 Å². The molecule has 3 aromatic carbocycles. The number of amides is 1. The average Bonchev–Trinajstić information content (AvgIpc) is 2.70. The van der Waals surface area contributed by atoms with Crippen LogP contribution in [0.2, 0.25) is 5.02 Å². The minimum atomic E-state index is -3.91. The van der Waals surface area contributed by atoms with Gasteiger partial charge in [-0.15, -0.1) is 0 Å². The van der Waals surface area contributed by atoms with E-state index in [0.29, 0.717) is 11.4 Å². The summed E-state index contributed by atoms with van der Waals surface area (Å²) in [5.41, 5.74) is 0.993. The molecule has 0 aliphatic rings. The van der Waals surface area contributed by atoms with Crippen LogP contribution in [-0.4, -0.2) is 21.4 Å². The Morgan fingerprint density at radius 1 is 0.964 bits per heavy atom. The van der Waals surface area contributed by atoms with Crippen LogP contribution in [0.5, 0.6) is 5.75 Å². The first-order chi connectivity index (χ1) is 13.4. The third kappa shape index (κ3) is 4.62. The van der Waals surface area contributed by atoms with E-state index in [1.165, 1.54) is 31.4 Å². The van der Waals surface area contributed by atoms with E-state index in [1.807, 2.05) is 0 Å². The lowest BCUT2D eigenvalue weighted by Crippen LogP contribution is -2.16. The van der Waals surface area contributed by atoms with Gasteiger partial charge in [-0.2, -0.15) is 0 Å². The number of nitrogens with one attached hydrogen (secondary N) is 2. The molecule has 1 amide bonds. The second kappa shape index (κ2) is 8.33. The first kappa shape index (κ1) is 19.7. The van der Waals surface area contributed by atoms with E-state index in [9.17, 15) is 13.2 Å². The van der Waals surface area contributed by atoms with E-state index < -0.39 is 15.9 Å². The van der Waals surface area contributed by atoms with Gasteiger partial charge in [0, 0.05) is 17.3 Å². The molecule has 0 aliphatic heterocycles. The van der Waals surface area contributed by atoms with Crippen molar-refractivity contribution < 1.29 is 17.9 Å². The smallest absolute Gasteiger partial charge is 0.261 e. The minimum absolute atomic E-state index is 0.0503. The highest BCUT2D eigenvalue weighted by Gasteiger charge is 2.18. The van der Waals surface area contributed by atoms with E-state index in [2.05, 4.69) is 10.0 Å². The molecule has 0 unspecified atom stereocenters. The van der Waals surface area contributed by atoms with Gasteiger partial charge < -0.3 is 10.1 Å². The highest BCUT2D eigenvalue weighted by molar-refractivity contribution is 7.92. The Labute approximate surface area is 168 Å². The molecule has 0 spiro atoms. The summed E-state index contributed by atoms with van der Waals surface area (Å²) in [6.07, 6.45) is 0. The molecule has 0 aliphatic carbocycles. The lowest BCUT2D eigenvalue weighted by Gasteiger charge is -2.11. The topological polar surface area (TPSA) is 84.5 Å². The van der Waals surface area contributed by atoms with Crippen molar-refractivity contribution in [2.24, 2.45) is 0 Å². The van der Waals surface area contributed by atoms with E-state index in [-0.39, 0.29) is 21.2 Å². The normalized spacial score (nSPS) is 10.9. The first-order valence-corrected chi connectivity index (χ1v) is 10.1. The number of para-hydroxylation sites is 1. The lowest BCUT2D eigenvalue weighted by atomic mass is 10.2. The summed E-state index contributed by atoms with van der Waals surface area (Å²) in [7, 11) is -2.38. The molecular formula is C20H17ClN2O4S. The molecule has 0 bridgehead atoms. The van der Waals surface area contributed by atoms with Crippen LogP contribution in [0.1, 0.15) is 10.4 Å². The molecule has 0 atom stereocenters. The van der Waals surface area contributed by atoms with Crippen molar-refractivity contribution in [3.8, 4) is 5.75 Å². The molecule has 2 N–H and O–H groups in total. The van der Waals surface area contributed by atoms with Crippen LogP contribution in [0.4, 0.5) is 11.4 Å². The van der Waals surface area contributed by atoms with Crippen molar-refractivity contribution >= 4 is 38.9 Å². The summed E-state index contributed by atoms with van der Waals surface area (Å²) in [5.74, 6) is 0.154. The van der Waals surface area contributed by atoms with Crippen molar-refractivity contribution in [3.05, 3.63) is 83.4 Å². The molecule has 6 nitrogen and oxygen atoms in total. The number of ether oxygens (including phenoxy) is 1. The van der Waals surface area contributed by atoms with Gasteiger partial charge in [0.15, 0.2) is 0 Å². The van der Waals surface area contributed by atoms with Gasteiger partial charge in [0.2, 0.25) is 0 Å². The number of benzene rings is 3. The average molecular weight is 417 g/mol. The molecular weight excluding hydrogens is 400 g/mol. The summed E-state index contributed by atoms with van der Waals surface area (Å²) in [5, 5.41) is 2.99. The van der Waals surface area contributed by atoms with Gasteiger partial charge in [-0.25, -0.2) is 8.42 Å². The highest BCUT2D eigenvalue weighted by Crippen LogP contribution is 2.24. The molecule has 0 fully saturated rings. The number of carbonyl (C=O) groups is 1. The van der Waals surface area contributed by atoms with E-state index >= 15 is 0 Å². The van der Waals surface area contributed by atoms with Gasteiger partial charge in [-0.3, -0.25) is 9.52 Å². The third-order valence-corrected chi connectivity index (χ3v) is 5.55. The molecule has 3 rings (SSSR count). The Bertz CT molecular complexity index is 1120. The Morgan fingerprint density at radius 2 is 1.71 bits per heavy atom. The van der Waals surface area contributed by atoms with Crippen LogP contribution in [-0.2, 0) is 10.0 Å². The van der Waals surface area contributed by atoms with Crippen LogP contribution < -0.4 is 14.8 Å². The predicted octanol–water partition coefficient (Wildman–Crippen LogP) is 4.40. The summed E-state index contributed by atoms with van der Waals surface area (Å²) in [4.78, 5) is 12.5. The number of methoxy groups -OCH3 is 1. The fraction of sp³-hybridized carbons (Fsp3) is 0.0500. The van der Waals surface area contributed by atoms with Gasteiger partial charge in [-0.05, 0) is 42.5 Å². The molecule has 0 aromatic heterocycles. The maximum Gasteiger partial charge on any atom is 0.261 e. The number of hydrogen-bond acceptors (Lipinski definition) is 4. The fourth-order valence-electron chi connectivity index (χ4n) is 2.46. The highest BCUT2D eigenvalue weighted by atomic mass is 35.5. The maximum atomic E-state index is 12.7. The largest absolute Gasteiger partial charge is 0.497 e. The van der Waals surface area contributed by atoms with Gasteiger partial charge in [0.05, 0.1) is 22.7 Å². The zero-order valence-electron chi connectivity index (χ0n) is 14.8. The molecule has 0 saturated carbocycles. The third-order valence-electron chi connectivity index (χ3n) is 3.85. The fourth-order valence-corrected chi connectivity index (χ4v) is 3.82. The standard InChI is InChI=1S/C20H17ClN2O4S/c1-27-16-8-5-7-15(13-16)22-20(24)14-6-4-9-17(12-14)28(25,26)23-19-11-3-2-10-18(19)21/h2-13,23H,1H3,(H,22,24). The van der Waals surface area contributed by atoms with Crippen molar-refractivity contribution in [3.63, 3.8) is 0 Å². The van der Waals surface area contributed by atoms with Gasteiger partial charge in [-0.1, -0.05) is 35.9 Å². The van der Waals surface area contributed by atoms with Crippen molar-refractivity contribution in [2.75, 3.05) is 17.1 Å². The summed E-state index contributed by atoms with van der Waals surface area (Å²) < 4.78 is 32.9. The Hall–Kier alpha value is -3.03. The predicted molar refractivity (Wildman–Crippen MR) is 110 cm³/mol. The molecule has 3 aromatic rings. The van der Waals surface area contributed by atoms with Crippen molar-refractivity contribution in [1.29, 1.82) is 0 Å². The summed E-state index contributed by atoms with van der Waals surface area (Å²) in [6, 6.07) is 19.1. The van der Waals surface area contributed by atoms with Gasteiger partial charge >= 0.3 is 0 Å².